The number of hydrogen-bond donors (Lipinski definition) is 2. The Morgan fingerprint density at radius 1 is 1.05 bits per heavy atom. The van der Waals surface area contributed by atoms with E-state index in [1.807, 2.05) is 0 Å². The van der Waals surface area contributed by atoms with E-state index in [0.29, 0.717) is 25.2 Å². The normalized spacial score (nSPS) is 14.4. The van der Waals surface area contributed by atoms with Gasteiger partial charge in [-0.05, 0) is 79.4 Å². The molecule has 0 unspecified atom stereocenters. The number of imide groups is 2. The van der Waals surface area contributed by atoms with Crippen molar-refractivity contribution in [1.29, 1.82) is 0 Å². The minimum Gasteiger partial charge on any atom is -0.487 e. The number of non-ortho nitro benzene ring substituents is 1. The van der Waals surface area contributed by atoms with Crippen molar-refractivity contribution in [3.8, 4) is 5.75 Å². The average Bonchev–Trinajstić information content (AvgIpc) is 2.86. The van der Waals surface area contributed by atoms with Crippen molar-refractivity contribution in [1.82, 2.24) is 5.32 Å². The number of hydrogen-bond acceptors (Lipinski definition) is 7. The van der Waals surface area contributed by atoms with Gasteiger partial charge in [0.05, 0.1) is 25.1 Å². The monoisotopic (exact) mass is 643 g/mol. The van der Waals surface area contributed by atoms with Crippen LogP contribution in [0.15, 0.2) is 75.2 Å². The number of barbiturate groups is 1. The summed E-state index contributed by atoms with van der Waals surface area (Å²) >= 11 is 6.80. The molecule has 4 amide bonds. The molecule has 0 radical (unpaired) electrons. The number of benzene rings is 3. The Morgan fingerprint density at radius 3 is 2.32 bits per heavy atom. The first-order valence-corrected chi connectivity index (χ1v) is 12.2. The second kappa shape index (κ2) is 10.9. The maximum Gasteiger partial charge on any atom is 0.335 e. The Balaban J connectivity index is 1.58. The molecule has 13 heteroatoms. The lowest BCUT2D eigenvalue weighted by Gasteiger charge is -2.26. The Hall–Kier alpha value is -4.36. The van der Waals surface area contributed by atoms with Gasteiger partial charge >= 0.3 is 12.0 Å². The van der Waals surface area contributed by atoms with Gasteiger partial charge < -0.3 is 9.84 Å². The van der Waals surface area contributed by atoms with E-state index < -0.39 is 28.7 Å². The van der Waals surface area contributed by atoms with Crippen LogP contribution in [0.4, 0.5) is 16.2 Å². The molecule has 3 aromatic carbocycles. The molecule has 0 atom stereocenters. The number of ether oxygens (including phenoxy) is 1. The van der Waals surface area contributed by atoms with Crippen LogP contribution in [-0.2, 0) is 16.2 Å². The maximum atomic E-state index is 13.1. The molecule has 0 aromatic heterocycles. The second-order valence-corrected chi connectivity index (χ2v) is 9.55. The number of anilines is 1. The molecular formula is C25H15Br2N3O8. The number of carbonyl (C=O) groups is 4. The summed E-state index contributed by atoms with van der Waals surface area (Å²) in [5, 5.41) is 22.2. The molecule has 11 nitrogen and oxygen atoms in total. The highest BCUT2D eigenvalue weighted by Crippen LogP contribution is 2.36. The number of carbonyl (C=O) groups excluding carboxylic acids is 3. The topological polar surface area (TPSA) is 156 Å². The van der Waals surface area contributed by atoms with Crippen LogP contribution < -0.4 is 15.0 Å². The van der Waals surface area contributed by atoms with Gasteiger partial charge in [0.2, 0.25) is 0 Å². The summed E-state index contributed by atoms with van der Waals surface area (Å²) in [6.45, 7) is 0.138. The molecule has 3 aromatic rings. The van der Waals surface area contributed by atoms with Crippen LogP contribution in [0, 0.1) is 10.1 Å². The third kappa shape index (κ3) is 5.63. The van der Waals surface area contributed by atoms with Crippen LogP contribution in [-0.4, -0.2) is 33.8 Å². The number of halogens is 2. The molecular weight excluding hydrogens is 630 g/mol. The number of rotatable bonds is 7. The van der Waals surface area contributed by atoms with Crippen molar-refractivity contribution in [2.45, 2.75) is 6.61 Å². The number of amides is 4. The van der Waals surface area contributed by atoms with E-state index in [9.17, 15) is 29.3 Å². The van der Waals surface area contributed by atoms with Crippen molar-refractivity contribution in [3.63, 3.8) is 0 Å². The van der Waals surface area contributed by atoms with E-state index in [4.69, 9.17) is 9.84 Å². The average molecular weight is 645 g/mol. The van der Waals surface area contributed by atoms with Gasteiger partial charge in [-0.3, -0.25) is 25.0 Å². The fourth-order valence-electron chi connectivity index (χ4n) is 3.50. The molecule has 1 aliphatic rings. The Kier molecular flexibility index (Phi) is 7.69. The zero-order chi connectivity index (χ0) is 27.6. The quantitative estimate of drug-likeness (QED) is 0.156. The predicted octanol–water partition coefficient (Wildman–Crippen LogP) is 5.06. The fraction of sp³-hybridized carbons (Fsp3) is 0.0400. The molecule has 4 rings (SSSR count). The predicted molar refractivity (Wildman–Crippen MR) is 142 cm³/mol. The third-order valence-corrected chi connectivity index (χ3v) is 6.49. The maximum absolute atomic E-state index is 13.1. The Labute approximate surface area is 231 Å². The number of nitro benzene ring substituents is 1. The number of nitrogens with one attached hydrogen (secondary N) is 1. The third-order valence-electron chi connectivity index (χ3n) is 5.32. The van der Waals surface area contributed by atoms with Gasteiger partial charge in [0.25, 0.3) is 17.5 Å². The van der Waals surface area contributed by atoms with Crippen molar-refractivity contribution >= 4 is 73.1 Å². The van der Waals surface area contributed by atoms with E-state index in [1.165, 1.54) is 36.4 Å². The van der Waals surface area contributed by atoms with Crippen LogP contribution >= 0.6 is 31.9 Å². The molecule has 0 aliphatic carbocycles. The molecule has 2 N–H and O–H groups in total. The Morgan fingerprint density at radius 2 is 1.71 bits per heavy atom. The second-order valence-electron chi connectivity index (χ2n) is 7.84. The van der Waals surface area contributed by atoms with Crippen LogP contribution in [0.2, 0.25) is 0 Å². The summed E-state index contributed by atoms with van der Waals surface area (Å²) in [6, 6.07) is 13.3. The lowest BCUT2D eigenvalue weighted by atomic mass is 10.1. The first-order valence-electron chi connectivity index (χ1n) is 10.6. The number of carboxylic acid groups (broad SMARTS) is 1. The molecule has 0 bridgehead atoms. The lowest BCUT2D eigenvalue weighted by Crippen LogP contribution is -2.54. The van der Waals surface area contributed by atoms with Crippen LogP contribution in [0.25, 0.3) is 6.08 Å². The molecule has 1 saturated heterocycles. The minimum absolute atomic E-state index is 0.0670. The molecule has 1 heterocycles. The van der Waals surface area contributed by atoms with E-state index in [2.05, 4.69) is 37.2 Å². The first kappa shape index (κ1) is 26.7. The molecule has 0 spiro atoms. The van der Waals surface area contributed by atoms with Gasteiger partial charge in [-0.25, -0.2) is 14.5 Å². The zero-order valence-corrected chi connectivity index (χ0v) is 22.2. The summed E-state index contributed by atoms with van der Waals surface area (Å²) < 4.78 is 6.81. The largest absolute Gasteiger partial charge is 0.487 e. The van der Waals surface area contributed by atoms with E-state index in [1.54, 1.807) is 24.3 Å². The highest BCUT2D eigenvalue weighted by atomic mass is 79.9. The van der Waals surface area contributed by atoms with Crippen LogP contribution in [0.3, 0.4) is 0 Å². The highest BCUT2D eigenvalue weighted by molar-refractivity contribution is 9.11. The van der Waals surface area contributed by atoms with Gasteiger partial charge in [-0.1, -0.05) is 18.2 Å². The number of nitrogens with zero attached hydrogens (tertiary/aromatic N) is 2. The first-order chi connectivity index (χ1) is 18.0. The molecule has 192 valence electrons. The van der Waals surface area contributed by atoms with Crippen LogP contribution in [0.5, 0.6) is 5.75 Å². The van der Waals surface area contributed by atoms with Gasteiger partial charge in [0.1, 0.15) is 17.9 Å². The van der Waals surface area contributed by atoms with Gasteiger partial charge in [-0.15, -0.1) is 0 Å². The highest BCUT2D eigenvalue weighted by Gasteiger charge is 2.37. The van der Waals surface area contributed by atoms with Crippen molar-refractivity contribution < 1.29 is 33.9 Å². The zero-order valence-electron chi connectivity index (χ0n) is 19.0. The summed E-state index contributed by atoms with van der Waals surface area (Å²) in [4.78, 5) is 60.1. The fourth-order valence-corrected chi connectivity index (χ4v) is 4.95. The van der Waals surface area contributed by atoms with Crippen LogP contribution in [0.1, 0.15) is 21.5 Å². The number of urea groups is 1. The Bertz CT molecular complexity index is 1510. The molecule has 0 saturated carbocycles. The molecule has 1 aliphatic heterocycles. The summed E-state index contributed by atoms with van der Waals surface area (Å²) in [6.07, 6.45) is 1.28. The van der Waals surface area contributed by atoms with Gasteiger partial charge in [0, 0.05) is 12.1 Å². The summed E-state index contributed by atoms with van der Waals surface area (Å²) in [5.41, 5.74) is 0.543. The van der Waals surface area contributed by atoms with E-state index in [0.717, 1.165) is 11.6 Å². The number of aromatic carboxylic acids is 1. The smallest absolute Gasteiger partial charge is 0.335 e. The van der Waals surface area contributed by atoms with Gasteiger partial charge in [-0.2, -0.15) is 0 Å². The number of nitro groups is 1. The summed E-state index contributed by atoms with van der Waals surface area (Å²) in [5.74, 6) is -2.48. The van der Waals surface area contributed by atoms with Gasteiger partial charge in [0.15, 0.2) is 0 Å². The summed E-state index contributed by atoms with van der Waals surface area (Å²) in [7, 11) is 0. The van der Waals surface area contributed by atoms with Crippen molar-refractivity contribution in [2.24, 2.45) is 0 Å². The standard InChI is InChI=1S/C25H15Br2N3O8/c26-19-9-14(10-20(27)21(19)38-12-13-4-6-15(7-5-13)24(33)34)8-18-22(31)28-25(35)29(23(18)32)16-2-1-3-17(11-16)30(36)37/h1-11H,12H2,(H,33,34)(H,28,31,35)/b18-8+. The van der Waals surface area contributed by atoms with E-state index in [-0.39, 0.29) is 29.1 Å². The molecule has 38 heavy (non-hydrogen) atoms. The van der Waals surface area contributed by atoms with Crippen molar-refractivity contribution in [3.05, 3.63) is 102 Å². The van der Waals surface area contributed by atoms with E-state index >= 15 is 0 Å². The SMILES string of the molecule is O=C1NC(=O)N(c2cccc([N+](=O)[O-])c2)C(=O)/C1=C/c1cc(Br)c(OCc2ccc(C(=O)O)cc2)c(Br)c1. The van der Waals surface area contributed by atoms with Crippen molar-refractivity contribution in [2.75, 3.05) is 4.90 Å². The number of carboxylic acids is 1. The minimum atomic E-state index is -1.03. The molecule has 1 fully saturated rings. The lowest BCUT2D eigenvalue weighted by molar-refractivity contribution is -0.384.